The zero-order chi connectivity index (χ0) is 12.1. The molecule has 0 saturated carbocycles. The van der Waals surface area contributed by atoms with E-state index >= 15 is 0 Å². The molecular weight excluding hydrogens is 278 g/mol. The molecule has 0 bridgehead atoms. The lowest BCUT2D eigenvalue weighted by Crippen LogP contribution is -1.87. The van der Waals surface area contributed by atoms with Gasteiger partial charge < -0.3 is 4.74 Å². The lowest BCUT2D eigenvalue weighted by molar-refractivity contribution is 0.479. The zero-order valence-corrected chi connectivity index (χ0v) is 10.5. The molecule has 0 N–H and O–H groups in total. The summed E-state index contributed by atoms with van der Waals surface area (Å²) >= 11 is 3.42. The van der Waals surface area contributed by atoms with E-state index in [-0.39, 0.29) is 0 Å². The molecule has 17 heavy (non-hydrogen) atoms. The van der Waals surface area contributed by atoms with Crippen LogP contribution in [0.4, 0.5) is 0 Å². The van der Waals surface area contributed by atoms with E-state index in [1.54, 1.807) is 0 Å². The number of benzene rings is 2. The Balaban J connectivity index is 2.26. The Morgan fingerprint density at radius 2 is 1.88 bits per heavy atom. The first-order chi connectivity index (χ1) is 8.29. The van der Waals surface area contributed by atoms with Crippen LogP contribution < -0.4 is 4.74 Å². The Labute approximate surface area is 109 Å². The van der Waals surface area contributed by atoms with Crippen LogP contribution >= 0.6 is 15.9 Å². The highest BCUT2D eigenvalue weighted by Crippen LogP contribution is 2.30. The van der Waals surface area contributed by atoms with Gasteiger partial charge in [-0.05, 0) is 45.8 Å². The fourth-order valence-corrected chi connectivity index (χ4v) is 1.71. The third-order valence-corrected chi connectivity index (χ3v) is 2.81. The normalized spacial score (nSPS) is 9.65. The third-order valence-electron chi connectivity index (χ3n) is 2.16. The Bertz CT molecular complexity index is 546. The summed E-state index contributed by atoms with van der Waals surface area (Å²) in [4.78, 5) is 0. The van der Waals surface area contributed by atoms with Crippen LogP contribution in [0.5, 0.6) is 11.5 Å². The average Bonchev–Trinajstić information content (AvgIpc) is 2.35. The molecule has 0 spiro atoms. The van der Waals surface area contributed by atoms with E-state index in [0.29, 0.717) is 5.75 Å². The minimum Gasteiger partial charge on any atom is -0.456 e. The molecule has 0 aliphatic heterocycles. The lowest BCUT2D eigenvalue weighted by Gasteiger charge is -2.08. The van der Waals surface area contributed by atoms with Crippen molar-refractivity contribution in [3.8, 4) is 17.6 Å². The maximum absolute atomic E-state index is 8.61. The largest absolute Gasteiger partial charge is 0.456 e. The van der Waals surface area contributed by atoms with Gasteiger partial charge in [-0.1, -0.05) is 24.3 Å². The molecule has 0 heterocycles. The van der Waals surface area contributed by atoms with Gasteiger partial charge >= 0.3 is 0 Å². The Morgan fingerprint density at radius 1 is 1.12 bits per heavy atom. The highest BCUT2D eigenvalue weighted by Gasteiger charge is 2.04. The molecule has 0 fully saturated rings. The molecule has 0 amide bonds. The van der Waals surface area contributed by atoms with Crippen LogP contribution in [0.1, 0.15) is 5.56 Å². The standard InChI is InChI=1S/C14H9BrNO/c15-13-7-6-11(8-9-16)10-14(13)17-12-4-2-1-3-5-12/h1-8,10H. The maximum atomic E-state index is 8.61. The summed E-state index contributed by atoms with van der Waals surface area (Å²) in [6, 6.07) is 17.1. The molecule has 0 aromatic heterocycles. The summed E-state index contributed by atoms with van der Waals surface area (Å²) < 4.78 is 6.58. The predicted octanol–water partition coefficient (Wildman–Crippen LogP) is 4.32. The fraction of sp³-hybridized carbons (Fsp3) is 0. The van der Waals surface area contributed by atoms with Gasteiger partial charge in [0, 0.05) is 0 Å². The summed E-state index contributed by atoms with van der Waals surface area (Å²) in [6.07, 6.45) is 1.48. The molecule has 2 aromatic carbocycles. The number of nitriles is 1. The van der Waals surface area contributed by atoms with E-state index in [9.17, 15) is 0 Å². The smallest absolute Gasteiger partial charge is 0.141 e. The second-order valence-corrected chi connectivity index (χ2v) is 4.23. The van der Waals surface area contributed by atoms with Crippen molar-refractivity contribution in [2.75, 3.05) is 0 Å². The summed E-state index contributed by atoms with van der Waals surface area (Å²) in [5, 5.41) is 8.61. The molecular formula is C14H9BrNO. The van der Waals surface area contributed by atoms with Gasteiger partial charge in [0.2, 0.25) is 0 Å². The van der Waals surface area contributed by atoms with E-state index in [0.717, 1.165) is 15.8 Å². The molecule has 1 radical (unpaired) electrons. The van der Waals surface area contributed by atoms with E-state index in [4.69, 9.17) is 10.00 Å². The molecule has 0 atom stereocenters. The van der Waals surface area contributed by atoms with E-state index < -0.39 is 0 Å². The van der Waals surface area contributed by atoms with Crippen LogP contribution in [-0.2, 0) is 0 Å². The van der Waals surface area contributed by atoms with Crippen molar-refractivity contribution in [1.82, 2.24) is 0 Å². The predicted molar refractivity (Wildman–Crippen MR) is 69.7 cm³/mol. The van der Waals surface area contributed by atoms with Crippen molar-refractivity contribution < 1.29 is 4.74 Å². The van der Waals surface area contributed by atoms with Crippen LogP contribution in [0.25, 0.3) is 0 Å². The molecule has 2 rings (SSSR count). The zero-order valence-electron chi connectivity index (χ0n) is 8.93. The Hall–Kier alpha value is -1.79. The minimum atomic E-state index is 0.695. The lowest BCUT2D eigenvalue weighted by atomic mass is 10.1. The van der Waals surface area contributed by atoms with Gasteiger partial charge in [-0.3, -0.25) is 0 Å². The summed E-state index contributed by atoms with van der Waals surface area (Å²) in [7, 11) is 0. The quantitative estimate of drug-likeness (QED) is 0.842. The monoisotopic (exact) mass is 286 g/mol. The highest BCUT2D eigenvalue weighted by atomic mass is 79.9. The van der Waals surface area contributed by atoms with Gasteiger partial charge in [-0.2, -0.15) is 5.26 Å². The summed E-state index contributed by atoms with van der Waals surface area (Å²) in [5.74, 6) is 1.46. The Morgan fingerprint density at radius 3 is 2.59 bits per heavy atom. The molecule has 0 aliphatic rings. The molecule has 2 nitrogen and oxygen atoms in total. The highest BCUT2D eigenvalue weighted by molar-refractivity contribution is 9.10. The first-order valence-electron chi connectivity index (χ1n) is 5.05. The molecule has 3 heteroatoms. The number of ether oxygens (including phenoxy) is 1. The first kappa shape index (κ1) is 11.7. The van der Waals surface area contributed by atoms with Crippen LogP contribution in [0.2, 0.25) is 0 Å². The van der Waals surface area contributed by atoms with Gasteiger partial charge in [-0.25, -0.2) is 0 Å². The fourth-order valence-electron chi connectivity index (χ4n) is 1.38. The number of hydrogen-bond donors (Lipinski definition) is 0. The van der Waals surface area contributed by atoms with Gasteiger partial charge in [0.25, 0.3) is 0 Å². The molecule has 83 valence electrons. The number of rotatable bonds is 3. The van der Waals surface area contributed by atoms with Crippen molar-refractivity contribution in [1.29, 1.82) is 5.26 Å². The van der Waals surface area contributed by atoms with Crippen LogP contribution in [0, 0.1) is 17.8 Å². The SMILES string of the molecule is N#C[CH]c1ccc(Br)c(Oc2ccccc2)c1. The van der Waals surface area contributed by atoms with Crippen molar-refractivity contribution >= 4 is 15.9 Å². The van der Waals surface area contributed by atoms with E-state index in [1.165, 1.54) is 6.42 Å². The maximum Gasteiger partial charge on any atom is 0.141 e. The second-order valence-electron chi connectivity index (χ2n) is 3.38. The number of halogens is 1. The van der Waals surface area contributed by atoms with Crippen molar-refractivity contribution in [2.45, 2.75) is 0 Å². The van der Waals surface area contributed by atoms with E-state index in [2.05, 4.69) is 15.9 Å². The number of para-hydroxylation sites is 1. The van der Waals surface area contributed by atoms with Gasteiger partial charge in [0.05, 0.1) is 17.0 Å². The topological polar surface area (TPSA) is 33.0 Å². The Kier molecular flexibility index (Phi) is 3.79. The first-order valence-corrected chi connectivity index (χ1v) is 5.84. The van der Waals surface area contributed by atoms with Crippen molar-refractivity contribution in [3.05, 3.63) is 65.0 Å². The third kappa shape index (κ3) is 3.08. The minimum absolute atomic E-state index is 0.695. The van der Waals surface area contributed by atoms with Crippen molar-refractivity contribution in [2.24, 2.45) is 0 Å². The summed E-state index contributed by atoms with van der Waals surface area (Å²) in [5.41, 5.74) is 0.821. The van der Waals surface area contributed by atoms with E-state index in [1.807, 2.05) is 54.6 Å². The van der Waals surface area contributed by atoms with Crippen molar-refractivity contribution in [3.63, 3.8) is 0 Å². The average molecular weight is 287 g/mol. The number of hydrogen-bond acceptors (Lipinski definition) is 2. The van der Waals surface area contributed by atoms with Crippen LogP contribution in [-0.4, -0.2) is 0 Å². The molecule has 2 aromatic rings. The number of nitrogens with zero attached hydrogens (tertiary/aromatic N) is 1. The van der Waals surface area contributed by atoms with Gasteiger partial charge in [0.15, 0.2) is 0 Å². The second kappa shape index (κ2) is 5.51. The summed E-state index contributed by atoms with van der Waals surface area (Å²) in [6.45, 7) is 0. The molecule has 0 aliphatic carbocycles. The molecule has 0 unspecified atom stereocenters. The van der Waals surface area contributed by atoms with Crippen LogP contribution in [0.3, 0.4) is 0 Å². The van der Waals surface area contributed by atoms with Gasteiger partial charge in [-0.15, -0.1) is 0 Å². The molecule has 0 saturated heterocycles. The van der Waals surface area contributed by atoms with Crippen LogP contribution in [0.15, 0.2) is 53.0 Å². The van der Waals surface area contributed by atoms with Gasteiger partial charge in [0.1, 0.15) is 11.5 Å².